The minimum atomic E-state index is 0. The third kappa shape index (κ3) is 19.0. The number of allylic oxidation sites excluding steroid dienone is 12. The van der Waals surface area contributed by atoms with Crippen molar-refractivity contribution in [2.45, 2.75) is 140 Å². The van der Waals surface area contributed by atoms with E-state index in [9.17, 15) is 0 Å². The second-order valence-corrected chi connectivity index (χ2v) is 14.1. The van der Waals surface area contributed by atoms with E-state index in [0.29, 0.717) is 12.7 Å². The van der Waals surface area contributed by atoms with E-state index in [1.807, 2.05) is 6.07 Å². The molecule has 4 heteroatoms. The highest BCUT2D eigenvalue weighted by atomic mass is 35.5. The highest BCUT2D eigenvalue weighted by Crippen LogP contribution is 2.32. The maximum absolute atomic E-state index is 5.67. The molecule has 0 amide bonds. The predicted octanol–water partition coefficient (Wildman–Crippen LogP) is 13.1. The average Bonchev–Trinajstić information content (AvgIpc) is 3.45. The molecule has 47 heavy (non-hydrogen) atoms. The first kappa shape index (κ1) is 42.3. The van der Waals surface area contributed by atoms with E-state index in [2.05, 4.69) is 129 Å². The van der Waals surface area contributed by atoms with Crippen LogP contribution in [-0.2, 0) is 6.54 Å². The summed E-state index contributed by atoms with van der Waals surface area (Å²) in [6.45, 7) is 23.4. The molecule has 1 heterocycles. The van der Waals surface area contributed by atoms with E-state index < -0.39 is 0 Å². The lowest BCUT2D eigenvalue weighted by Gasteiger charge is -2.25. The summed E-state index contributed by atoms with van der Waals surface area (Å²) in [4.78, 5) is 0. The van der Waals surface area contributed by atoms with Crippen LogP contribution in [0.4, 0.5) is 0 Å². The zero-order valence-electron chi connectivity index (χ0n) is 31.4. The number of halogens is 1. The van der Waals surface area contributed by atoms with Crippen LogP contribution < -0.4 is 14.8 Å². The van der Waals surface area contributed by atoms with Gasteiger partial charge in [0.15, 0.2) is 11.5 Å². The van der Waals surface area contributed by atoms with E-state index >= 15 is 0 Å². The zero-order chi connectivity index (χ0) is 33.9. The van der Waals surface area contributed by atoms with Gasteiger partial charge in [-0.2, -0.15) is 0 Å². The topological polar surface area (TPSA) is 30.5 Å². The molecule has 1 aliphatic heterocycles. The van der Waals surface area contributed by atoms with Crippen molar-refractivity contribution in [3.63, 3.8) is 0 Å². The summed E-state index contributed by atoms with van der Waals surface area (Å²) in [6, 6.07) is 6.52. The van der Waals surface area contributed by atoms with E-state index in [-0.39, 0.29) is 18.4 Å². The van der Waals surface area contributed by atoms with Crippen molar-refractivity contribution in [2.75, 3.05) is 6.79 Å². The Morgan fingerprint density at radius 1 is 0.617 bits per heavy atom. The molecule has 0 bridgehead atoms. The molecule has 2 rings (SSSR count). The SMILES string of the molecule is CC(C)=CCCC(C)=CCCC(C)=CCC(/C=C(\C)CCC=C(C)C)C(/C=C(\C)CCC=C(C)C)NCc1ccc2c(c1)OCO2.Cl. The molecule has 0 aliphatic carbocycles. The van der Waals surface area contributed by atoms with Crippen LogP contribution in [0.5, 0.6) is 11.5 Å². The van der Waals surface area contributed by atoms with Crippen molar-refractivity contribution in [3.05, 3.63) is 105 Å². The van der Waals surface area contributed by atoms with Gasteiger partial charge in [0.05, 0.1) is 0 Å². The number of benzene rings is 1. The predicted molar refractivity (Wildman–Crippen MR) is 209 cm³/mol. The molecule has 1 aromatic rings. The van der Waals surface area contributed by atoms with Crippen molar-refractivity contribution < 1.29 is 9.47 Å². The quantitative estimate of drug-likeness (QED) is 0.141. The Balaban J connectivity index is 0.0000110. The van der Waals surface area contributed by atoms with Gasteiger partial charge in [-0.15, -0.1) is 12.4 Å². The molecule has 1 N–H and O–H groups in total. The molecule has 0 saturated heterocycles. The molecule has 1 aliphatic rings. The highest BCUT2D eigenvalue weighted by molar-refractivity contribution is 5.85. The third-order valence-corrected chi connectivity index (χ3v) is 8.45. The standard InChI is InChI=1S/C43H65NO2.ClH/c1-32(2)15-11-18-35(7)19-14-20-36(8)23-25-40(27-37(9)21-12-16-33(3)4)41(28-38(10)22-13-17-34(5)6)44-30-39-24-26-42-43(29-39)46-31-45-42;/h15-17,19,23-24,26-29,40-41,44H,11-14,18,20-22,25,30-31H2,1-10H3;1H/b35-19?,36-23?,37-27+,38-28+;. The van der Waals surface area contributed by atoms with Crippen molar-refractivity contribution in [2.24, 2.45) is 5.92 Å². The van der Waals surface area contributed by atoms with Gasteiger partial charge >= 0.3 is 0 Å². The molecular weight excluding hydrogens is 598 g/mol. The van der Waals surface area contributed by atoms with Crippen LogP contribution >= 0.6 is 12.4 Å². The van der Waals surface area contributed by atoms with Gasteiger partial charge in [-0.05, 0) is 151 Å². The summed E-state index contributed by atoms with van der Waals surface area (Å²) < 4.78 is 11.2. The second kappa shape index (κ2) is 23.6. The number of nitrogens with one attached hydrogen (secondary N) is 1. The van der Waals surface area contributed by atoms with Gasteiger partial charge in [-0.3, -0.25) is 0 Å². The number of ether oxygens (including phenoxy) is 2. The fraction of sp³-hybridized carbons (Fsp3) is 0.535. The van der Waals surface area contributed by atoms with Crippen LogP contribution in [0.3, 0.4) is 0 Å². The Morgan fingerprint density at radius 3 is 1.68 bits per heavy atom. The monoisotopic (exact) mass is 663 g/mol. The van der Waals surface area contributed by atoms with E-state index in [0.717, 1.165) is 75.8 Å². The molecule has 1 aromatic carbocycles. The average molecular weight is 664 g/mol. The lowest BCUT2D eigenvalue weighted by atomic mass is 9.89. The largest absolute Gasteiger partial charge is 0.454 e. The Kier molecular flexibility index (Phi) is 21.2. The third-order valence-electron chi connectivity index (χ3n) is 8.45. The lowest BCUT2D eigenvalue weighted by Crippen LogP contribution is -2.34. The first-order valence-electron chi connectivity index (χ1n) is 17.6. The fourth-order valence-electron chi connectivity index (χ4n) is 5.63. The van der Waals surface area contributed by atoms with Crippen LogP contribution in [0.2, 0.25) is 0 Å². The summed E-state index contributed by atoms with van der Waals surface area (Å²) in [5.41, 5.74) is 11.3. The smallest absolute Gasteiger partial charge is 0.231 e. The number of hydrogen-bond acceptors (Lipinski definition) is 3. The van der Waals surface area contributed by atoms with Crippen molar-refractivity contribution in [1.29, 1.82) is 0 Å². The zero-order valence-corrected chi connectivity index (χ0v) is 32.2. The molecule has 0 fully saturated rings. The Bertz CT molecular complexity index is 1290. The van der Waals surface area contributed by atoms with Gasteiger partial charge in [0, 0.05) is 12.6 Å². The van der Waals surface area contributed by atoms with E-state index in [1.165, 1.54) is 44.6 Å². The number of rotatable bonds is 20. The molecule has 0 saturated carbocycles. The highest BCUT2D eigenvalue weighted by Gasteiger charge is 2.19. The summed E-state index contributed by atoms with van der Waals surface area (Å²) in [6.07, 6.45) is 26.9. The number of fused-ring (bicyclic) bond motifs is 1. The van der Waals surface area contributed by atoms with Crippen molar-refractivity contribution in [1.82, 2.24) is 5.32 Å². The van der Waals surface area contributed by atoms with Gasteiger partial charge in [0.2, 0.25) is 6.79 Å². The van der Waals surface area contributed by atoms with Gasteiger partial charge in [-0.25, -0.2) is 0 Å². The maximum Gasteiger partial charge on any atom is 0.231 e. The minimum Gasteiger partial charge on any atom is -0.454 e. The van der Waals surface area contributed by atoms with Gasteiger partial charge < -0.3 is 14.8 Å². The summed E-state index contributed by atoms with van der Waals surface area (Å²) in [7, 11) is 0. The van der Waals surface area contributed by atoms with Crippen LogP contribution in [0.15, 0.2) is 99.7 Å². The first-order chi connectivity index (χ1) is 21.9. The van der Waals surface area contributed by atoms with Crippen molar-refractivity contribution in [3.8, 4) is 11.5 Å². The lowest BCUT2D eigenvalue weighted by molar-refractivity contribution is 0.174. The molecule has 2 atom stereocenters. The molecular formula is C43H66ClNO2. The normalized spacial score (nSPS) is 14.7. The molecule has 0 spiro atoms. The van der Waals surface area contributed by atoms with Crippen LogP contribution in [0.25, 0.3) is 0 Å². The minimum absolute atomic E-state index is 0. The fourth-order valence-corrected chi connectivity index (χ4v) is 5.63. The van der Waals surface area contributed by atoms with E-state index in [1.54, 1.807) is 0 Å². The van der Waals surface area contributed by atoms with E-state index in [4.69, 9.17) is 9.47 Å². The molecule has 262 valence electrons. The van der Waals surface area contributed by atoms with Gasteiger partial charge in [0.1, 0.15) is 0 Å². The maximum atomic E-state index is 5.67. The Labute approximate surface area is 295 Å². The first-order valence-corrected chi connectivity index (χ1v) is 17.6. The number of hydrogen-bond donors (Lipinski definition) is 1. The molecule has 0 radical (unpaired) electrons. The van der Waals surface area contributed by atoms with Crippen LogP contribution in [-0.4, -0.2) is 12.8 Å². The van der Waals surface area contributed by atoms with Crippen LogP contribution in [0, 0.1) is 5.92 Å². The van der Waals surface area contributed by atoms with Gasteiger partial charge in [0.25, 0.3) is 0 Å². The van der Waals surface area contributed by atoms with Crippen LogP contribution in [0.1, 0.15) is 133 Å². The summed E-state index contributed by atoms with van der Waals surface area (Å²) in [5, 5.41) is 3.96. The van der Waals surface area contributed by atoms with Crippen molar-refractivity contribution >= 4 is 12.4 Å². The molecule has 0 aromatic heterocycles. The second-order valence-electron chi connectivity index (χ2n) is 14.1. The Morgan fingerprint density at radius 2 is 1.11 bits per heavy atom. The van der Waals surface area contributed by atoms with Gasteiger partial charge in [-0.1, -0.05) is 87.6 Å². The Hall–Kier alpha value is -2.75. The molecule has 3 nitrogen and oxygen atoms in total. The molecule has 2 unspecified atom stereocenters. The summed E-state index contributed by atoms with van der Waals surface area (Å²) in [5.74, 6) is 2.03. The summed E-state index contributed by atoms with van der Waals surface area (Å²) >= 11 is 0.